The van der Waals surface area contributed by atoms with E-state index in [1.54, 1.807) is 41.5 Å². The van der Waals surface area contributed by atoms with E-state index in [-0.39, 0.29) is 0 Å². The topological polar surface area (TPSA) is 106 Å². The number of rotatable bonds is 2. The summed E-state index contributed by atoms with van der Waals surface area (Å²) >= 11 is 0. The highest BCUT2D eigenvalue weighted by Crippen LogP contribution is 2.21. The Kier molecular flexibility index (Phi) is 5.72. The van der Waals surface area contributed by atoms with E-state index < -0.39 is 46.7 Å². The van der Waals surface area contributed by atoms with Gasteiger partial charge in [0.15, 0.2) is 5.82 Å². The summed E-state index contributed by atoms with van der Waals surface area (Å²) in [5.41, 5.74) is -2.56. The van der Waals surface area contributed by atoms with Crippen molar-refractivity contribution in [2.24, 2.45) is 0 Å². The minimum absolute atomic E-state index is 0.408. The minimum Gasteiger partial charge on any atom is -0.478 e. The van der Waals surface area contributed by atoms with Gasteiger partial charge in [-0.2, -0.15) is 9.29 Å². The van der Waals surface area contributed by atoms with Crippen LogP contribution in [0.4, 0.5) is 19.8 Å². The molecule has 0 fully saturated rings. The Morgan fingerprint density at radius 3 is 1.76 bits per heavy atom. The number of carboxylic acid groups (broad SMARTS) is 1. The lowest BCUT2D eigenvalue weighted by Crippen LogP contribution is -2.44. The Hall–Kier alpha value is -2.71. The van der Waals surface area contributed by atoms with Crippen molar-refractivity contribution in [2.45, 2.75) is 52.7 Å². The van der Waals surface area contributed by atoms with E-state index in [2.05, 4.69) is 4.98 Å². The summed E-state index contributed by atoms with van der Waals surface area (Å²) in [6.45, 7) is 9.50. The van der Waals surface area contributed by atoms with Crippen LogP contribution in [-0.2, 0) is 9.47 Å². The van der Waals surface area contributed by atoms with Crippen LogP contribution in [0.2, 0.25) is 0 Å². The molecule has 25 heavy (non-hydrogen) atoms. The number of imide groups is 1. The smallest absolute Gasteiger partial charge is 0.425 e. The molecule has 0 aliphatic rings. The van der Waals surface area contributed by atoms with Crippen LogP contribution in [0, 0.1) is 5.95 Å². The van der Waals surface area contributed by atoms with Crippen molar-refractivity contribution < 1.29 is 33.4 Å². The molecule has 0 aromatic carbocycles. The number of carboxylic acids is 1. The maximum atomic E-state index is 13.8. The van der Waals surface area contributed by atoms with E-state index in [9.17, 15) is 18.8 Å². The van der Waals surface area contributed by atoms with Gasteiger partial charge in [-0.15, -0.1) is 0 Å². The maximum Gasteiger partial charge on any atom is 0.425 e. The fourth-order valence-corrected chi connectivity index (χ4v) is 1.59. The van der Waals surface area contributed by atoms with Crippen LogP contribution < -0.4 is 4.90 Å². The van der Waals surface area contributed by atoms with Gasteiger partial charge in [-0.25, -0.2) is 19.4 Å². The first kappa shape index (κ1) is 20.3. The average molecular weight is 356 g/mol. The van der Waals surface area contributed by atoms with Crippen molar-refractivity contribution in [1.82, 2.24) is 4.98 Å². The number of carbonyl (C=O) groups excluding carboxylic acids is 2. The van der Waals surface area contributed by atoms with Crippen LogP contribution in [0.1, 0.15) is 51.9 Å². The second-order valence-electron chi connectivity index (χ2n) is 7.11. The Bertz CT molecular complexity index is 663. The van der Waals surface area contributed by atoms with E-state index in [4.69, 9.17) is 14.6 Å². The molecule has 1 rings (SSSR count). The summed E-state index contributed by atoms with van der Waals surface area (Å²) in [7, 11) is 0. The molecule has 0 unspecified atom stereocenters. The second kappa shape index (κ2) is 7.04. The quantitative estimate of drug-likeness (QED) is 0.807. The van der Waals surface area contributed by atoms with E-state index in [0.29, 0.717) is 4.90 Å². The van der Waals surface area contributed by atoms with Crippen LogP contribution in [0.25, 0.3) is 0 Å². The van der Waals surface area contributed by atoms with Crippen LogP contribution >= 0.6 is 0 Å². The third kappa shape index (κ3) is 6.02. The summed E-state index contributed by atoms with van der Waals surface area (Å²) in [6, 6.07) is 1.90. The van der Waals surface area contributed by atoms with E-state index >= 15 is 0 Å². The Labute approximate surface area is 144 Å². The fourth-order valence-electron chi connectivity index (χ4n) is 1.59. The first-order chi connectivity index (χ1) is 11.2. The SMILES string of the molecule is CC(C)(C)OC(=O)N(C(=O)OC(C)(C)C)c1ccc(C(=O)O)c(F)n1. The summed E-state index contributed by atoms with van der Waals surface area (Å²) in [5, 5.41) is 8.84. The second-order valence-corrected chi connectivity index (χ2v) is 7.11. The normalized spacial score (nSPS) is 11.6. The van der Waals surface area contributed by atoms with Gasteiger partial charge in [0.1, 0.15) is 16.8 Å². The van der Waals surface area contributed by atoms with Crippen LogP contribution in [-0.4, -0.2) is 39.4 Å². The molecule has 1 aromatic rings. The lowest BCUT2D eigenvalue weighted by atomic mass is 10.2. The molecular weight excluding hydrogens is 335 g/mol. The fraction of sp³-hybridized carbons (Fsp3) is 0.500. The molecule has 0 aliphatic heterocycles. The zero-order valence-corrected chi connectivity index (χ0v) is 14.9. The van der Waals surface area contributed by atoms with Gasteiger partial charge < -0.3 is 14.6 Å². The molecule has 0 spiro atoms. The van der Waals surface area contributed by atoms with Crippen molar-refractivity contribution in [3.05, 3.63) is 23.6 Å². The number of amides is 2. The van der Waals surface area contributed by atoms with Gasteiger partial charge in [0.25, 0.3) is 0 Å². The average Bonchev–Trinajstić information content (AvgIpc) is 2.33. The Balaban J connectivity index is 3.31. The molecule has 0 saturated heterocycles. The monoisotopic (exact) mass is 356 g/mol. The minimum atomic E-state index is -1.53. The van der Waals surface area contributed by atoms with Crippen molar-refractivity contribution >= 4 is 24.0 Å². The summed E-state index contributed by atoms with van der Waals surface area (Å²) < 4.78 is 24.1. The van der Waals surface area contributed by atoms with Gasteiger partial charge in [0.05, 0.1) is 0 Å². The Morgan fingerprint density at radius 2 is 1.44 bits per heavy atom. The molecule has 0 aliphatic carbocycles. The number of aromatic nitrogens is 1. The molecule has 1 N–H and O–H groups in total. The van der Waals surface area contributed by atoms with Gasteiger partial charge in [-0.05, 0) is 53.7 Å². The number of ether oxygens (including phenoxy) is 2. The number of hydrogen-bond acceptors (Lipinski definition) is 6. The number of halogens is 1. The number of nitrogens with zero attached hydrogens (tertiary/aromatic N) is 2. The van der Waals surface area contributed by atoms with Crippen LogP contribution in [0.3, 0.4) is 0 Å². The van der Waals surface area contributed by atoms with E-state index in [1.807, 2.05) is 0 Å². The van der Waals surface area contributed by atoms with Crippen molar-refractivity contribution in [2.75, 3.05) is 4.90 Å². The highest BCUT2D eigenvalue weighted by molar-refractivity contribution is 6.08. The van der Waals surface area contributed by atoms with Crippen molar-refractivity contribution in [1.29, 1.82) is 0 Å². The molecular formula is C16H21FN2O6. The molecule has 2 amide bonds. The Morgan fingerprint density at radius 1 is 1.00 bits per heavy atom. The van der Waals surface area contributed by atoms with Crippen molar-refractivity contribution in [3.8, 4) is 0 Å². The zero-order valence-electron chi connectivity index (χ0n) is 14.9. The maximum absolute atomic E-state index is 13.8. The summed E-state index contributed by atoms with van der Waals surface area (Å²) in [5.74, 6) is -3.33. The molecule has 9 heteroatoms. The van der Waals surface area contributed by atoms with Gasteiger partial charge in [0.2, 0.25) is 5.95 Å². The van der Waals surface area contributed by atoms with Crippen molar-refractivity contribution in [3.63, 3.8) is 0 Å². The number of carbonyl (C=O) groups is 3. The summed E-state index contributed by atoms with van der Waals surface area (Å²) in [6.07, 6.45) is -2.26. The highest BCUT2D eigenvalue weighted by atomic mass is 19.1. The van der Waals surface area contributed by atoms with Gasteiger partial charge in [-0.3, -0.25) is 0 Å². The summed E-state index contributed by atoms with van der Waals surface area (Å²) in [4.78, 5) is 39.3. The third-order valence-corrected chi connectivity index (χ3v) is 2.45. The van der Waals surface area contributed by atoms with Crippen LogP contribution in [0.5, 0.6) is 0 Å². The molecule has 0 saturated carbocycles. The first-order valence-electron chi connectivity index (χ1n) is 7.37. The predicted molar refractivity (Wildman–Crippen MR) is 86.1 cm³/mol. The molecule has 8 nitrogen and oxygen atoms in total. The highest BCUT2D eigenvalue weighted by Gasteiger charge is 2.34. The molecule has 1 heterocycles. The largest absolute Gasteiger partial charge is 0.478 e. The molecule has 1 aromatic heterocycles. The van der Waals surface area contributed by atoms with Gasteiger partial charge in [0, 0.05) is 0 Å². The molecule has 0 bridgehead atoms. The number of pyridine rings is 1. The third-order valence-electron chi connectivity index (χ3n) is 2.45. The molecule has 138 valence electrons. The van der Waals surface area contributed by atoms with Gasteiger partial charge >= 0.3 is 18.2 Å². The molecule has 0 radical (unpaired) electrons. The van der Waals surface area contributed by atoms with E-state index in [0.717, 1.165) is 12.1 Å². The lowest BCUT2D eigenvalue weighted by Gasteiger charge is -2.28. The number of hydrogen-bond donors (Lipinski definition) is 1. The first-order valence-corrected chi connectivity index (χ1v) is 7.37. The standard InChI is InChI=1S/C16H21FN2O6/c1-15(2,3)24-13(22)19(14(23)25-16(4,5)6)10-8-7-9(12(20)21)11(17)18-10/h7-8H,1-6H3,(H,20,21). The molecule has 0 atom stereocenters. The van der Waals surface area contributed by atoms with Crippen LogP contribution in [0.15, 0.2) is 12.1 Å². The van der Waals surface area contributed by atoms with E-state index in [1.165, 1.54) is 0 Å². The number of aromatic carboxylic acids is 1. The predicted octanol–water partition coefficient (Wildman–Crippen LogP) is 3.60. The van der Waals surface area contributed by atoms with Gasteiger partial charge in [-0.1, -0.05) is 0 Å². The zero-order chi connectivity index (χ0) is 19.6. The lowest BCUT2D eigenvalue weighted by molar-refractivity contribution is 0.0428. The number of anilines is 1.